The molecular formula is C25H26N4O4. The highest BCUT2D eigenvalue weighted by atomic mass is 16.5. The van der Waals surface area contributed by atoms with E-state index >= 15 is 0 Å². The Morgan fingerprint density at radius 3 is 1.91 bits per heavy atom. The van der Waals surface area contributed by atoms with E-state index < -0.39 is 0 Å². The smallest absolute Gasteiger partial charge is 0.229 e. The van der Waals surface area contributed by atoms with Crippen LogP contribution in [-0.4, -0.2) is 38.4 Å². The molecule has 0 atom stereocenters. The van der Waals surface area contributed by atoms with Gasteiger partial charge in [-0.05, 0) is 48.0 Å². The molecule has 0 amide bonds. The fourth-order valence-corrected chi connectivity index (χ4v) is 3.38. The van der Waals surface area contributed by atoms with Gasteiger partial charge in [0.25, 0.3) is 0 Å². The molecule has 0 saturated carbocycles. The molecule has 1 heterocycles. The maximum atomic E-state index is 5.49. The van der Waals surface area contributed by atoms with Gasteiger partial charge in [0.05, 0.1) is 34.0 Å². The Morgan fingerprint density at radius 1 is 0.697 bits per heavy atom. The van der Waals surface area contributed by atoms with Gasteiger partial charge >= 0.3 is 0 Å². The fraction of sp³-hybridized carbons (Fsp3) is 0.200. The molecule has 0 radical (unpaired) electrons. The summed E-state index contributed by atoms with van der Waals surface area (Å²) in [6.45, 7) is 0.576. The number of anilines is 3. The average Bonchev–Trinajstić information content (AvgIpc) is 2.87. The van der Waals surface area contributed by atoms with Gasteiger partial charge in [-0.2, -0.15) is 4.98 Å². The molecule has 0 aliphatic heterocycles. The Labute approximate surface area is 192 Å². The van der Waals surface area contributed by atoms with E-state index in [0.717, 1.165) is 33.7 Å². The number of hydrogen-bond acceptors (Lipinski definition) is 8. The first-order chi connectivity index (χ1) is 16.1. The second-order valence-electron chi connectivity index (χ2n) is 7.18. The number of nitrogens with zero attached hydrogens (tertiary/aromatic N) is 2. The van der Waals surface area contributed by atoms with E-state index in [-0.39, 0.29) is 0 Å². The number of rotatable bonds is 9. The largest absolute Gasteiger partial charge is 0.497 e. The van der Waals surface area contributed by atoms with Crippen molar-refractivity contribution < 1.29 is 18.9 Å². The van der Waals surface area contributed by atoms with Gasteiger partial charge in [0.15, 0.2) is 11.5 Å². The molecule has 0 saturated heterocycles. The molecule has 4 rings (SSSR count). The topological polar surface area (TPSA) is 86.8 Å². The number of fused-ring (bicyclic) bond motifs is 1. The monoisotopic (exact) mass is 446 g/mol. The third-order valence-electron chi connectivity index (χ3n) is 5.17. The van der Waals surface area contributed by atoms with Crippen LogP contribution in [-0.2, 0) is 6.54 Å². The molecule has 4 aromatic rings. The van der Waals surface area contributed by atoms with Gasteiger partial charge in [-0.25, -0.2) is 4.98 Å². The van der Waals surface area contributed by atoms with Crippen LogP contribution >= 0.6 is 0 Å². The predicted octanol–water partition coefficient (Wildman–Crippen LogP) is 5.02. The highest BCUT2D eigenvalue weighted by Crippen LogP contribution is 2.35. The lowest BCUT2D eigenvalue weighted by molar-refractivity contribution is 0.356. The van der Waals surface area contributed by atoms with E-state index in [1.165, 1.54) is 0 Å². The lowest BCUT2D eigenvalue weighted by Gasteiger charge is -2.15. The Balaban J connectivity index is 1.70. The summed E-state index contributed by atoms with van der Waals surface area (Å²) in [6, 6.07) is 19.2. The molecule has 0 aliphatic rings. The molecule has 8 heteroatoms. The van der Waals surface area contributed by atoms with E-state index in [0.29, 0.717) is 29.8 Å². The van der Waals surface area contributed by atoms with Crippen molar-refractivity contribution in [1.82, 2.24) is 9.97 Å². The van der Waals surface area contributed by atoms with Crippen molar-refractivity contribution in [3.63, 3.8) is 0 Å². The summed E-state index contributed by atoms with van der Waals surface area (Å²) in [4.78, 5) is 9.42. The predicted molar refractivity (Wildman–Crippen MR) is 129 cm³/mol. The maximum absolute atomic E-state index is 5.49. The SMILES string of the molecule is COc1ccc(CNc2nc(Nc3ccc(OC)cc3)nc3cc(OC)c(OC)cc23)cc1. The lowest BCUT2D eigenvalue weighted by Crippen LogP contribution is -2.06. The van der Waals surface area contributed by atoms with Crippen molar-refractivity contribution in [3.05, 3.63) is 66.2 Å². The zero-order chi connectivity index (χ0) is 23.2. The van der Waals surface area contributed by atoms with E-state index in [1.54, 1.807) is 28.4 Å². The van der Waals surface area contributed by atoms with Crippen LogP contribution < -0.4 is 29.6 Å². The number of hydrogen-bond donors (Lipinski definition) is 2. The van der Waals surface area contributed by atoms with Gasteiger partial charge in [0.2, 0.25) is 5.95 Å². The van der Waals surface area contributed by atoms with Gasteiger partial charge in [-0.1, -0.05) is 12.1 Å². The molecule has 2 N–H and O–H groups in total. The van der Waals surface area contributed by atoms with Crippen LogP contribution in [0.3, 0.4) is 0 Å². The second kappa shape index (κ2) is 9.95. The van der Waals surface area contributed by atoms with Crippen molar-refractivity contribution in [2.45, 2.75) is 6.54 Å². The van der Waals surface area contributed by atoms with Crippen LogP contribution in [0.4, 0.5) is 17.5 Å². The van der Waals surface area contributed by atoms with Crippen LogP contribution in [0.5, 0.6) is 23.0 Å². The summed E-state index contributed by atoms with van der Waals surface area (Å²) >= 11 is 0. The molecule has 33 heavy (non-hydrogen) atoms. The minimum Gasteiger partial charge on any atom is -0.497 e. The lowest BCUT2D eigenvalue weighted by atomic mass is 10.2. The Bertz CT molecular complexity index is 1230. The minimum absolute atomic E-state index is 0.456. The molecular weight excluding hydrogens is 420 g/mol. The van der Waals surface area contributed by atoms with E-state index in [1.807, 2.05) is 60.7 Å². The molecule has 0 bridgehead atoms. The third kappa shape index (κ3) is 5.01. The number of methoxy groups -OCH3 is 4. The molecule has 8 nitrogen and oxygen atoms in total. The maximum Gasteiger partial charge on any atom is 0.229 e. The standard InChI is InChI=1S/C25H26N4O4/c1-30-18-9-5-16(6-10-18)15-26-24-20-13-22(32-3)23(33-4)14-21(20)28-25(29-24)27-17-7-11-19(31-2)12-8-17/h5-14H,15H2,1-4H3,(H2,26,27,28,29). The minimum atomic E-state index is 0.456. The first-order valence-electron chi connectivity index (χ1n) is 10.3. The van der Waals surface area contributed by atoms with Crippen molar-refractivity contribution in [2.75, 3.05) is 39.1 Å². The van der Waals surface area contributed by atoms with Crippen LogP contribution in [0.1, 0.15) is 5.56 Å². The molecule has 170 valence electrons. The first kappa shape index (κ1) is 22.0. The van der Waals surface area contributed by atoms with Crippen LogP contribution in [0.15, 0.2) is 60.7 Å². The Hall–Kier alpha value is -4.20. The van der Waals surface area contributed by atoms with Crippen molar-refractivity contribution in [1.29, 1.82) is 0 Å². The molecule has 0 unspecified atom stereocenters. The highest BCUT2D eigenvalue weighted by Gasteiger charge is 2.14. The summed E-state index contributed by atoms with van der Waals surface area (Å²) < 4.78 is 21.4. The Kier molecular flexibility index (Phi) is 6.64. The number of benzene rings is 3. The van der Waals surface area contributed by atoms with E-state index in [4.69, 9.17) is 23.9 Å². The molecule has 0 fully saturated rings. The van der Waals surface area contributed by atoms with Crippen LogP contribution in [0, 0.1) is 0 Å². The van der Waals surface area contributed by atoms with Gasteiger partial charge < -0.3 is 29.6 Å². The number of ether oxygens (including phenoxy) is 4. The Morgan fingerprint density at radius 2 is 1.30 bits per heavy atom. The third-order valence-corrected chi connectivity index (χ3v) is 5.17. The zero-order valence-corrected chi connectivity index (χ0v) is 19.0. The van der Waals surface area contributed by atoms with Crippen molar-refractivity contribution >= 4 is 28.4 Å². The number of nitrogens with one attached hydrogen (secondary N) is 2. The van der Waals surface area contributed by atoms with Crippen LogP contribution in [0.2, 0.25) is 0 Å². The molecule has 0 aliphatic carbocycles. The second-order valence-corrected chi connectivity index (χ2v) is 7.18. The zero-order valence-electron chi connectivity index (χ0n) is 19.0. The van der Waals surface area contributed by atoms with Gasteiger partial charge in [0, 0.05) is 23.7 Å². The molecule has 1 aromatic heterocycles. The fourth-order valence-electron chi connectivity index (χ4n) is 3.38. The van der Waals surface area contributed by atoms with Crippen molar-refractivity contribution in [3.8, 4) is 23.0 Å². The quantitative estimate of drug-likeness (QED) is 0.371. The normalized spacial score (nSPS) is 10.5. The highest BCUT2D eigenvalue weighted by molar-refractivity contribution is 5.93. The summed E-state index contributed by atoms with van der Waals surface area (Å²) in [7, 11) is 6.50. The first-order valence-corrected chi connectivity index (χ1v) is 10.3. The van der Waals surface area contributed by atoms with Gasteiger partial charge in [-0.15, -0.1) is 0 Å². The molecule has 3 aromatic carbocycles. The summed E-state index contributed by atoms with van der Waals surface area (Å²) in [6.07, 6.45) is 0. The summed E-state index contributed by atoms with van der Waals surface area (Å²) in [5, 5.41) is 7.51. The summed E-state index contributed by atoms with van der Waals surface area (Å²) in [5.41, 5.74) is 2.65. The average molecular weight is 447 g/mol. The molecule has 0 spiro atoms. The van der Waals surface area contributed by atoms with E-state index in [2.05, 4.69) is 15.6 Å². The van der Waals surface area contributed by atoms with Gasteiger partial charge in [0.1, 0.15) is 17.3 Å². The van der Waals surface area contributed by atoms with E-state index in [9.17, 15) is 0 Å². The number of aromatic nitrogens is 2. The summed E-state index contributed by atoms with van der Waals surface area (Å²) in [5.74, 6) is 3.93. The van der Waals surface area contributed by atoms with Gasteiger partial charge in [-0.3, -0.25) is 0 Å². The van der Waals surface area contributed by atoms with Crippen molar-refractivity contribution in [2.24, 2.45) is 0 Å². The van der Waals surface area contributed by atoms with Crippen LogP contribution in [0.25, 0.3) is 10.9 Å².